The largest absolute Gasteiger partial charge is 0.378 e. The number of carbonyl (C=O) groups excluding carboxylic acids is 2. The van der Waals surface area contributed by atoms with E-state index in [4.69, 9.17) is 0 Å². The number of aryl methyl sites for hydroxylation is 1. The van der Waals surface area contributed by atoms with E-state index in [0.717, 1.165) is 16.8 Å². The Morgan fingerprint density at radius 2 is 1.53 bits per heavy atom. The van der Waals surface area contributed by atoms with E-state index >= 15 is 0 Å². The lowest BCUT2D eigenvalue weighted by atomic mass is 9.97. The third-order valence-electron chi connectivity index (χ3n) is 6.02. The summed E-state index contributed by atoms with van der Waals surface area (Å²) in [6, 6.07) is 18.2. The number of hydrogen-bond acceptors (Lipinski definition) is 3. The van der Waals surface area contributed by atoms with Crippen molar-refractivity contribution in [1.29, 1.82) is 0 Å². The SMILES string of the molecule is Cc1cccc(N2CC(=O)N(c3ccccc3F)[C@H](c3ccc(N(C)C)cc3)C2=O)c1C. The Bertz CT molecular complexity index is 1170. The van der Waals surface area contributed by atoms with Crippen LogP contribution in [0.15, 0.2) is 66.7 Å². The van der Waals surface area contributed by atoms with Gasteiger partial charge in [-0.1, -0.05) is 36.4 Å². The van der Waals surface area contributed by atoms with Gasteiger partial charge in [-0.05, 0) is 60.9 Å². The molecule has 1 fully saturated rings. The normalized spacial score (nSPS) is 16.5. The summed E-state index contributed by atoms with van der Waals surface area (Å²) in [5.74, 6) is -1.14. The molecule has 6 heteroatoms. The van der Waals surface area contributed by atoms with Crippen molar-refractivity contribution in [3.05, 3.63) is 89.2 Å². The van der Waals surface area contributed by atoms with Gasteiger partial charge in [0, 0.05) is 25.5 Å². The molecule has 0 unspecified atom stereocenters. The molecule has 1 aliphatic rings. The summed E-state index contributed by atoms with van der Waals surface area (Å²) in [6.07, 6.45) is 0. The van der Waals surface area contributed by atoms with Gasteiger partial charge in [0.2, 0.25) is 5.91 Å². The second kappa shape index (κ2) is 8.46. The Morgan fingerprint density at radius 3 is 2.19 bits per heavy atom. The number of rotatable bonds is 4. The second-order valence-electron chi connectivity index (χ2n) is 8.25. The Hall–Kier alpha value is -3.67. The molecule has 0 saturated carbocycles. The molecule has 3 aromatic carbocycles. The Labute approximate surface area is 187 Å². The first kappa shape index (κ1) is 21.6. The van der Waals surface area contributed by atoms with Crippen LogP contribution in [0.3, 0.4) is 0 Å². The molecule has 164 valence electrons. The lowest BCUT2D eigenvalue weighted by molar-refractivity contribution is -0.128. The fourth-order valence-electron chi connectivity index (χ4n) is 4.09. The highest BCUT2D eigenvalue weighted by atomic mass is 19.1. The summed E-state index contributed by atoms with van der Waals surface area (Å²) >= 11 is 0. The van der Waals surface area contributed by atoms with Crippen molar-refractivity contribution in [1.82, 2.24) is 0 Å². The third kappa shape index (κ3) is 3.73. The molecule has 5 nitrogen and oxygen atoms in total. The number of halogens is 1. The molecule has 1 heterocycles. The molecular weight excluding hydrogens is 405 g/mol. The number of carbonyl (C=O) groups is 2. The predicted octanol–water partition coefficient (Wildman–Crippen LogP) is 4.63. The van der Waals surface area contributed by atoms with Gasteiger partial charge < -0.3 is 9.80 Å². The summed E-state index contributed by atoms with van der Waals surface area (Å²) < 4.78 is 14.7. The summed E-state index contributed by atoms with van der Waals surface area (Å²) in [4.78, 5) is 32.0. The zero-order chi connectivity index (χ0) is 23.0. The van der Waals surface area contributed by atoms with Gasteiger partial charge in [-0.2, -0.15) is 0 Å². The van der Waals surface area contributed by atoms with E-state index in [0.29, 0.717) is 11.3 Å². The number of benzene rings is 3. The van der Waals surface area contributed by atoms with Crippen LogP contribution in [0.4, 0.5) is 21.5 Å². The van der Waals surface area contributed by atoms with Crippen molar-refractivity contribution >= 4 is 28.9 Å². The van der Waals surface area contributed by atoms with Crippen LogP contribution in [-0.4, -0.2) is 32.5 Å². The summed E-state index contributed by atoms with van der Waals surface area (Å²) in [6.45, 7) is 3.76. The van der Waals surface area contributed by atoms with Crippen LogP contribution in [0.1, 0.15) is 22.7 Å². The van der Waals surface area contributed by atoms with E-state index in [1.807, 2.05) is 75.3 Å². The van der Waals surface area contributed by atoms with Crippen molar-refractivity contribution < 1.29 is 14.0 Å². The third-order valence-corrected chi connectivity index (χ3v) is 6.02. The van der Waals surface area contributed by atoms with E-state index in [1.54, 1.807) is 12.1 Å². The molecule has 0 aliphatic carbocycles. The zero-order valence-corrected chi connectivity index (χ0v) is 18.7. The Kier molecular flexibility index (Phi) is 5.70. The molecule has 1 saturated heterocycles. The molecule has 1 atom stereocenters. The number of para-hydroxylation sites is 1. The standard InChI is InChI=1S/C26H26FN3O2/c1-17-8-7-11-22(18(17)2)29-16-24(31)30(23-10-6-5-9-21(23)27)25(26(29)32)19-12-14-20(15-13-19)28(3)4/h5-15,25H,16H2,1-4H3/t25-/m1/s1. The minimum absolute atomic E-state index is 0.105. The monoisotopic (exact) mass is 431 g/mol. The van der Waals surface area contributed by atoms with Crippen molar-refractivity contribution in [2.75, 3.05) is 35.3 Å². The van der Waals surface area contributed by atoms with Gasteiger partial charge in [-0.3, -0.25) is 14.5 Å². The number of hydrogen-bond donors (Lipinski definition) is 0. The first-order chi connectivity index (χ1) is 15.3. The van der Waals surface area contributed by atoms with Crippen molar-refractivity contribution in [2.24, 2.45) is 0 Å². The average Bonchev–Trinajstić information content (AvgIpc) is 2.77. The quantitative estimate of drug-likeness (QED) is 0.605. The van der Waals surface area contributed by atoms with Crippen LogP contribution in [0.5, 0.6) is 0 Å². The lowest BCUT2D eigenvalue weighted by Gasteiger charge is -2.41. The van der Waals surface area contributed by atoms with Gasteiger partial charge >= 0.3 is 0 Å². The minimum Gasteiger partial charge on any atom is -0.378 e. The molecule has 32 heavy (non-hydrogen) atoms. The lowest BCUT2D eigenvalue weighted by Crippen LogP contribution is -2.56. The van der Waals surface area contributed by atoms with Crippen molar-refractivity contribution in [2.45, 2.75) is 19.9 Å². The fourth-order valence-corrected chi connectivity index (χ4v) is 4.09. The summed E-state index contributed by atoms with van der Waals surface area (Å²) in [5, 5.41) is 0. The number of nitrogens with zero attached hydrogens (tertiary/aromatic N) is 3. The average molecular weight is 432 g/mol. The van der Waals surface area contributed by atoms with Crippen molar-refractivity contribution in [3.63, 3.8) is 0 Å². The van der Waals surface area contributed by atoms with Crippen LogP contribution in [0.2, 0.25) is 0 Å². The number of anilines is 3. The maximum absolute atomic E-state index is 14.7. The molecule has 0 spiro atoms. The van der Waals surface area contributed by atoms with Gasteiger partial charge in [0.05, 0.1) is 5.69 Å². The van der Waals surface area contributed by atoms with Gasteiger partial charge in [-0.15, -0.1) is 0 Å². The van der Waals surface area contributed by atoms with Crippen LogP contribution < -0.4 is 14.7 Å². The Morgan fingerprint density at radius 1 is 0.875 bits per heavy atom. The summed E-state index contributed by atoms with van der Waals surface area (Å²) in [5.41, 5.74) is 4.37. The van der Waals surface area contributed by atoms with Crippen LogP contribution in [0.25, 0.3) is 0 Å². The van der Waals surface area contributed by atoms with Crippen LogP contribution >= 0.6 is 0 Å². The predicted molar refractivity (Wildman–Crippen MR) is 126 cm³/mol. The van der Waals surface area contributed by atoms with Gasteiger partial charge in [0.25, 0.3) is 5.91 Å². The smallest absolute Gasteiger partial charge is 0.255 e. The highest BCUT2D eigenvalue weighted by Gasteiger charge is 2.43. The highest BCUT2D eigenvalue weighted by molar-refractivity contribution is 6.14. The second-order valence-corrected chi connectivity index (χ2v) is 8.25. The van der Waals surface area contributed by atoms with E-state index in [-0.39, 0.29) is 24.0 Å². The molecule has 3 aromatic rings. The summed E-state index contributed by atoms with van der Waals surface area (Å²) in [7, 11) is 3.86. The van der Waals surface area contributed by atoms with E-state index in [1.165, 1.54) is 21.9 Å². The molecule has 1 aliphatic heterocycles. The molecule has 2 amide bonds. The number of piperazine rings is 1. The first-order valence-electron chi connectivity index (χ1n) is 10.5. The topological polar surface area (TPSA) is 43.9 Å². The van der Waals surface area contributed by atoms with E-state index < -0.39 is 11.9 Å². The minimum atomic E-state index is -0.968. The van der Waals surface area contributed by atoms with E-state index in [9.17, 15) is 14.0 Å². The molecule has 0 bridgehead atoms. The van der Waals surface area contributed by atoms with Crippen molar-refractivity contribution in [3.8, 4) is 0 Å². The molecule has 0 aromatic heterocycles. The van der Waals surface area contributed by atoms with Gasteiger partial charge in [0.1, 0.15) is 18.4 Å². The van der Waals surface area contributed by atoms with Gasteiger partial charge in [0.15, 0.2) is 0 Å². The molecule has 0 radical (unpaired) electrons. The zero-order valence-electron chi connectivity index (χ0n) is 18.7. The fraction of sp³-hybridized carbons (Fsp3) is 0.231. The maximum Gasteiger partial charge on any atom is 0.255 e. The molecule has 0 N–H and O–H groups in total. The van der Waals surface area contributed by atoms with E-state index in [2.05, 4.69) is 0 Å². The van der Waals surface area contributed by atoms with Gasteiger partial charge in [-0.25, -0.2) is 4.39 Å². The highest BCUT2D eigenvalue weighted by Crippen LogP contribution is 2.37. The first-order valence-corrected chi connectivity index (χ1v) is 10.5. The molecule has 4 rings (SSSR count). The maximum atomic E-state index is 14.7. The molecular formula is C26H26FN3O2. The van der Waals surface area contributed by atoms with Crippen LogP contribution in [0, 0.1) is 19.7 Å². The Balaban J connectivity index is 1.85. The number of amides is 2. The van der Waals surface area contributed by atoms with Crippen LogP contribution in [-0.2, 0) is 9.59 Å².